The van der Waals surface area contributed by atoms with Gasteiger partial charge in [-0.1, -0.05) is 6.07 Å². The van der Waals surface area contributed by atoms with Crippen molar-refractivity contribution in [1.29, 1.82) is 0 Å². The molecule has 1 aromatic rings. The molecule has 0 radical (unpaired) electrons. The zero-order valence-corrected chi connectivity index (χ0v) is 13.5. The molecule has 122 valence electrons. The predicted octanol–water partition coefficient (Wildman–Crippen LogP) is 1.57. The van der Waals surface area contributed by atoms with Gasteiger partial charge in [0.1, 0.15) is 0 Å². The molecule has 2 rings (SSSR count). The average molecular weight is 306 g/mol. The van der Waals surface area contributed by atoms with E-state index < -0.39 is 0 Å². The Labute approximate surface area is 132 Å². The molecule has 1 aliphatic rings. The van der Waals surface area contributed by atoms with E-state index in [0.29, 0.717) is 12.4 Å². The van der Waals surface area contributed by atoms with Crippen LogP contribution < -0.4 is 15.4 Å². The van der Waals surface area contributed by atoms with Crippen LogP contribution in [0, 0.1) is 5.92 Å². The van der Waals surface area contributed by atoms with Crippen LogP contribution in [0.3, 0.4) is 0 Å². The van der Waals surface area contributed by atoms with Crippen molar-refractivity contribution >= 4 is 5.96 Å². The highest BCUT2D eigenvalue weighted by Gasteiger charge is 2.21. The van der Waals surface area contributed by atoms with Crippen LogP contribution in [-0.4, -0.2) is 44.9 Å². The fourth-order valence-electron chi connectivity index (χ4n) is 1.92. The third-order valence-corrected chi connectivity index (χ3v) is 3.46. The summed E-state index contributed by atoms with van der Waals surface area (Å²) in [5.41, 5.74) is 1.10. The zero-order valence-electron chi connectivity index (χ0n) is 13.5. The SMILES string of the molecule is CN=C(NCCCOC)NCc1ccc(OCC2CC2)nc1. The molecule has 6 nitrogen and oxygen atoms in total. The molecule has 22 heavy (non-hydrogen) atoms. The summed E-state index contributed by atoms with van der Waals surface area (Å²) in [6.07, 6.45) is 5.37. The van der Waals surface area contributed by atoms with Crippen LogP contribution in [0.2, 0.25) is 0 Å². The molecule has 0 saturated heterocycles. The van der Waals surface area contributed by atoms with E-state index in [0.717, 1.165) is 43.6 Å². The fraction of sp³-hybridized carbons (Fsp3) is 0.625. The summed E-state index contributed by atoms with van der Waals surface area (Å²) in [6, 6.07) is 3.95. The number of aromatic nitrogens is 1. The molecule has 0 aromatic carbocycles. The van der Waals surface area contributed by atoms with E-state index in [4.69, 9.17) is 9.47 Å². The second kappa shape index (κ2) is 9.25. The van der Waals surface area contributed by atoms with Gasteiger partial charge in [-0.2, -0.15) is 0 Å². The summed E-state index contributed by atoms with van der Waals surface area (Å²) in [6.45, 7) is 3.05. The van der Waals surface area contributed by atoms with E-state index >= 15 is 0 Å². The number of guanidine groups is 1. The quantitative estimate of drug-likeness (QED) is 0.412. The highest BCUT2D eigenvalue weighted by Crippen LogP contribution is 2.29. The number of nitrogens with zero attached hydrogens (tertiary/aromatic N) is 2. The first-order valence-electron chi connectivity index (χ1n) is 7.83. The Kier molecular flexibility index (Phi) is 6.96. The minimum atomic E-state index is 0.680. The third kappa shape index (κ3) is 6.30. The van der Waals surface area contributed by atoms with Crippen LogP contribution in [0.25, 0.3) is 0 Å². The van der Waals surface area contributed by atoms with E-state index in [9.17, 15) is 0 Å². The van der Waals surface area contributed by atoms with Gasteiger partial charge >= 0.3 is 0 Å². The molecule has 6 heteroatoms. The lowest BCUT2D eigenvalue weighted by atomic mass is 10.3. The van der Waals surface area contributed by atoms with Crippen LogP contribution in [0.4, 0.5) is 0 Å². The molecule has 1 aromatic heterocycles. The summed E-state index contributed by atoms with van der Waals surface area (Å²) in [5, 5.41) is 6.50. The van der Waals surface area contributed by atoms with Gasteiger partial charge in [0.15, 0.2) is 5.96 Å². The summed E-state index contributed by atoms with van der Waals surface area (Å²) < 4.78 is 10.6. The number of nitrogens with one attached hydrogen (secondary N) is 2. The lowest BCUT2D eigenvalue weighted by Gasteiger charge is -2.12. The second-order valence-electron chi connectivity index (χ2n) is 5.46. The van der Waals surface area contributed by atoms with Crippen molar-refractivity contribution in [2.75, 3.05) is 33.9 Å². The lowest BCUT2D eigenvalue weighted by molar-refractivity contribution is 0.195. The molecule has 0 aliphatic heterocycles. The fourth-order valence-corrected chi connectivity index (χ4v) is 1.92. The highest BCUT2D eigenvalue weighted by molar-refractivity contribution is 5.79. The first-order chi connectivity index (χ1) is 10.8. The predicted molar refractivity (Wildman–Crippen MR) is 87.2 cm³/mol. The minimum Gasteiger partial charge on any atom is -0.477 e. The van der Waals surface area contributed by atoms with Gasteiger partial charge in [-0.05, 0) is 30.7 Å². The van der Waals surface area contributed by atoms with Crippen molar-refractivity contribution in [3.63, 3.8) is 0 Å². The molecule has 1 saturated carbocycles. The van der Waals surface area contributed by atoms with Gasteiger partial charge in [0.25, 0.3) is 0 Å². The Morgan fingerprint density at radius 1 is 1.36 bits per heavy atom. The maximum atomic E-state index is 5.63. The van der Waals surface area contributed by atoms with Gasteiger partial charge in [-0.25, -0.2) is 4.98 Å². The Morgan fingerprint density at radius 2 is 2.23 bits per heavy atom. The number of aliphatic imine (C=N–C) groups is 1. The molecule has 2 N–H and O–H groups in total. The number of pyridine rings is 1. The molecule has 0 atom stereocenters. The van der Waals surface area contributed by atoms with Crippen molar-refractivity contribution in [1.82, 2.24) is 15.6 Å². The van der Waals surface area contributed by atoms with Crippen molar-refractivity contribution in [3.8, 4) is 5.88 Å². The topological polar surface area (TPSA) is 67.8 Å². The van der Waals surface area contributed by atoms with Gasteiger partial charge in [-0.3, -0.25) is 4.99 Å². The molecular formula is C16H26N4O2. The van der Waals surface area contributed by atoms with Crippen LogP contribution in [0.5, 0.6) is 5.88 Å². The number of rotatable bonds is 9. The molecule has 0 unspecified atom stereocenters. The summed E-state index contributed by atoms with van der Waals surface area (Å²) in [5.74, 6) is 2.23. The first kappa shape index (κ1) is 16.5. The van der Waals surface area contributed by atoms with E-state index in [1.165, 1.54) is 12.8 Å². The first-order valence-corrected chi connectivity index (χ1v) is 7.83. The lowest BCUT2D eigenvalue weighted by Crippen LogP contribution is -2.37. The van der Waals surface area contributed by atoms with Crippen LogP contribution in [0.15, 0.2) is 23.3 Å². The Hall–Kier alpha value is -1.82. The monoisotopic (exact) mass is 306 g/mol. The molecule has 0 amide bonds. The highest BCUT2D eigenvalue weighted by atomic mass is 16.5. The molecule has 1 heterocycles. The zero-order chi connectivity index (χ0) is 15.6. The van der Waals surface area contributed by atoms with Gasteiger partial charge in [0.2, 0.25) is 5.88 Å². The van der Waals surface area contributed by atoms with Crippen molar-refractivity contribution < 1.29 is 9.47 Å². The minimum absolute atomic E-state index is 0.680. The number of ether oxygens (including phenoxy) is 2. The second-order valence-corrected chi connectivity index (χ2v) is 5.46. The maximum Gasteiger partial charge on any atom is 0.213 e. The van der Waals surface area contributed by atoms with Crippen LogP contribution in [0.1, 0.15) is 24.8 Å². The average Bonchev–Trinajstić information content (AvgIpc) is 3.38. The van der Waals surface area contributed by atoms with Crippen molar-refractivity contribution in [2.45, 2.75) is 25.8 Å². The van der Waals surface area contributed by atoms with E-state index in [1.807, 2.05) is 18.3 Å². The molecule has 0 bridgehead atoms. The van der Waals surface area contributed by atoms with E-state index in [2.05, 4.69) is 20.6 Å². The van der Waals surface area contributed by atoms with E-state index in [-0.39, 0.29) is 0 Å². The molecule has 1 aliphatic carbocycles. The van der Waals surface area contributed by atoms with Gasteiger partial charge in [0, 0.05) is 46.1 Å². The molecular weight excluding hydrogens is 280 g/mol. The smallest absolute Gasteiger partial charge is 0.213 e. The number of methoxy groups -OCH3 is 1. The standard InChI is InChI=1S/C16H26N4O2/c1-17-16(18-8-3-9-21-2)20-11-14-6-7-15(19-10-14)22-12-13-4-5-13/h6-7,10,13H,3-5,8-9,11-12H2,1-2H3,(H2,17,18,20). The van der Waals surface area contributed by atoms with Gasteiger partial charge in [-0.15, -0.1) is 0 Å². The maximum absolute atomic E-state index is 5.63. The Bertz CT molecular complexity index is 458. The molecule has 1 fully saturated rings. The Balaban J connectivity index is 1.67. The van der Waals surface area contributed by atoms with Crippen LogP contribution >= 0.6 is 0 Å². The molecule has 0 spiro atoms. The summed E-state index contributed by atoms with van der Waals surface area (Å²) >= 11 is 0. The summed E-state index contributed by atoms with van der Waals surface area (Å²) in [7, 11) is 3.47. The normalized spacial score (nSPS) is 14.7. The van der Waals surface area contributed by atoms with Crippen LogP contribution in [-0.2, 0) is 11.3 Å². The largest absolute Gasteiger partial charge is 0.477 e. The van der Waals surface area contributed by atoms with Crippen molar-refractivity contribution in [3.05, 3.63) is 23.9 Å². The Morgan fingerprint density at radius 3 is 2.86 bits per heavy atom. The van der Waals surface area contributed by atoms with Crippen molar-refractivity contribution in [2.24, 2.45) is 10.9 Å². The number of hydrogen-bond donors (Lipinski definition) is 2. The van der Waals surface area contributed by atoms with Gasteiger partial charge < -0.3 is 20.1 Å². The number of hydrogen-bond acceptors (Lipinski definition) is 4. The third-order valence-electron chi connectivity index (χ3n) is 3.46. The van der Waals surface area contributed by atoms with E-state index in [1.54, 1.807) is 14.2 Å². The van der Waals surface area contributed by atoms with Gasteiger partial charge in [0.05, 0.1) is 6.61 Å². The summed E-state index contributed by atoms with van der Waals surface area (Å²) in [4.78, 5) is 8.51.